The van der Waals surface area contributed by atoms with Crippen LogP contribution < -0.4 is 26.4 Å². The van der Waals surface area contributed by atoms with Crippen LogP contribution in [0.5, 0.6) is 5.75 Å². The summed E-state index contributed by atoms with van der Waals surface area (Å²) in [6, 6.07) is 4.76. The third-order valence-electron chi connectivity index (χ3n) is 6.22. The van der Waals surface area contributed by atoms with Gasteiger partial charge in [0, 0.05) is 6.20 Å². The molecule has 0 aliphatic carbocycles. The Morgan fingerprint density at radius 2 is 1.74 bits per heavy atom. The molecule has 1 aromatic rings. The van der Waals surface area contributed by atoms with E-state index in [1.165, 1.54) is 0 Å². The summed E-state index contributed by atoms with van der Waals surface area (Å²) < 4.78 is 6.25. The lowest BCUT2D eigenvalue weighted by atomic mass is 9.94. The number of hydrogen-bond acceptors (Lipinski definition) is 5. The van der Waals surface area contributed by atoms with Crippen LogP contribution in [0.25, 0.3) is 6.08 Å². The summed E-state index contributed by atoms with van der Waals surface area (Å²) in [7, 11) is 0. The molecule has 35 heavy (non-hydrogen) atoms. The molecule has 0 aromatic heterocycles. The van der Waals surface area contributed by atoms with Crippen LogP contribution >= 0.6 is 0 Å². The number of ether oxygens (including phenoxy) is 1. The smallest absolute Gasteiger partial charge is 0.247 e. The number of fused-ring (bicyclic) bond motifs is 10. The highest BCUT2D eigenvalue weighted by atomic mass is 16.5. The van der Waals surface area contributed by atoms with Crippen molar-refractivity contribution in [1.29, 1.82) is 0 Å². The Labute approximate surface area is 209 Å². The van der Waals surface area contributed by atoms with Gasteiger partial charge in [-0.05, 0) is 54.4 Å². The van der Waals surface area contributed by atoms with E-state index < -0.39 is 36.0 Å². The second kappa shape index (κ2) is 13.3. The molecule has 5 unspecified atom stereocenters. The molecular weight excluding hydrogens is 444 g/mol. The maximum absolute atomic E-state index is 13.6. The first-order valence-corrected chi connectivity index (χ1v) is 12.6. The molecule has 2 bridgehead atoms. The molecule has 8 heteroatoms. The molecule has 2 aliphatic rings. The van der Waals surface area contributed by atoms with E-state index in [9.17, 15) is 14.4 Å². The molecular formula is C27H42N4O4. The Bertz CT molecular complexity index is 882. The predicted molar refractivity (Wildman–Crippen MR) is 138 cm³/mol. The number of nitrogens with one attached hydrogen (secondary N) is 3. The van der Waals surface area contributed by atoms with Gasteiger partial charge in [-0.25, -0.2) is 0 Å². The molecule has 194 valence electrons. The van der Waals surface area contributed by atoms with Gasteiger partial charge in [-0.2, -0.15) is 0 Å². The Morgan fingerprint density at radius 3 is 2.31 bits per heavy atom. The third kappa shape index (κ3) is 8.38. The van der Waals surface area contributed by atoms with Crippen LogP contribution in [0.3, 0.4) is 0 Å². The lowest BCUT2D eigenvalue weighted by Gasteiger charge is -2.33. The van der Waals surface area contributed by atoms with Crippen molar-refractivity contribution < 1.29 is 19.1 Å². The van der Waals surface area contributed by atoms with Gasteiger partial charge in [0.15, 0.2) is 0 Å². The zero-order valence-electron chi connectivity index (χ0n) is 21.8. The van der Waals surface area contributed by atoms with Crippen LogP contribution in [0.2, 0.25) is 0 Å². The van der Waals surface area contributed by atoms with Gasteiger partial charge in [0.05, 0.1) is 6.04 Å². The Balaban J connectivity index is 2.46. The molecule has 5 N–H and O–H groups in total. The molecule has 8 nitrogen and oxygen atoms in total. The summed E-state index contributed by atoms with van der Waals surface area (Å²) in [6.07, 6.45) is 4.81. The van der Waals surface area contributed by atoms with Gasteiger partial charge in [0.25, 0.3) is 0 Å². The SMILES string of the molecule is CCCC(C)C(N)C(=O)NC1C(=O)NC(CC(C)C)C(=O)NC=Cc2ccc(cc2)OC1C(C)C. The van der Waals surface area contributed by atoms with Gasteiger partial charge < -0.3 is 26.4 Å². The van der Waals surface area contributed by atoms with Gasteiger partial charge in [-0.15, -0.1) is 0 Å². The average Bonchev–Trinajstić information content (AvgIpc) is 2.80. The third-order valence-corrected chi connectivity index (χ3v) is 6.22. The number of hydrogen-bond donors (Lipinski definition) is 4. The highest BCUT2D eigenvalue weighted by Gasteiger charge is 2.37. The van der Waals surface area contributed by atoms with E-state index in [4.69, 9.17) is 10.5 Å². The minimum Gasteiger partial charge on any atom is -0.487 e. The summed E-state index contributed by atoms with van der Waals surface area (Å²) in [5.74, 6) is -0.641. The van der Waals surface area contributed by atoms with E-state index in [1.54, 1.807) is 24.4 Å². The van der Waals surface area contributed by atoms with Crippen LogP contribution in [0.1, 0.15) is 66.4 Å². The van der Waals surface area contributed by atoms with Crippen LogP contribution in [0, 0.1) is 17.8 Å². The second-order valence-electron chi connectivity index (χ2n) is 10.2. The Kier molecular flexibility index (Phi) is 10.8. The first-order chi connectivity index (χ1) is 16.5. The second-order valence-corrected chi connectivity index (χ2v) is 10.2. The maximum Gasteiger partial charge on any atom is 0.247 e. The van der Waals surface area contributed by atoms with Crippen molar-refractivity contribution in [3.63, 3.8) is 0 Å². The lowest BCUT2D eigenvalue weighted by Crippen LogP contribution is -2.62. The number of carbonyl (C=O) groups is 3. The number of carbonyl (C=O) groups excluding carboxylic acids is 3. The average molecular weight is 487 g/mol. The van der Waals surface area contributed by atoms with Crippen molar-refractivity contribution >= 4 is 23.8 Å². The molecule has 5 atom stereocenters. The van der Waals surface area contributed by atoms with Crippen molar-refractivity contribution in [3.05, 3.63) is 36.0 Å². The summed E-state index contributed by atoms with van der Waals surface area (Å²) in [4.78, 5) is 39.6. The number of nitrogens with two attached hydrogens (primary N) is 1. The molecule has 0 fully saturated rings. The minimum absolute atomic E-state index is 0.0428. The Morgan fingerprint density at radius 1 is 1.09 bits per heavy atom. The van der Waals surface area contributed by atoms with Crippen LogP contribution in [-0.2, 0) is 14.4 Å². The molecule has 3 rings (SSSR count). The molecule has 0 spiro atoms. The van der Waals surface area contributed by atoms with E-state index in [0.717, 1.165) is 18.4 Å². The van der Waals surface area contributed by atoms with Gasteiger partial charge >= 0.3 is 0 Å². The highest BCUT2D eigenvalue weighted by Crippen LogP contribution is 2.21. The zero-order chi connectivity index (χ0) is 26.1. The van der Waals surface area contributed by atoms with Crippen molar-refractivity contribution in [1.82, 2.24) is 16.0 Å². The molecule has 2 aliphatic heterocycles. The number of rotatable bonds is 8. The van der Waals surface area contributed by atoms with Crippen LogP contribution in [-0.4, -0.2) is 42.0 Å². The first kappa shape index (κ1) is 28.4. The Hall–Kier alpha value is -2.87. The van der Waals surface area contributed by atoms with Crippen molar-refractivity contribution in [3.8, 4) is 5.75 Å². The molecule has 3 amide bonds. The monoisotopic (exact) mass is 486 g/mol. The van der Waals surface area contributed by atoms with E-state index in [0.29, 0.717) is 12.2 Å². The van der Waals surface area contributed by atoms with E-state index in [2.05, 4.69) is 16.0 Å². The van der Waals surface area contributed by atoms with Gasteiger partial charge in [-0.3, -0.25) is 14.4 Å². The zero-order valence-corrected chi connectivity index (χ0v) is 21.8. The molecule has 0 radical (unpaired) electrons. The molecule has 2 heterocycles. The largest absolute Gasteiger partial charge is 0.487 e. The van der Waals surface area contributed by atoms with Gasteiger partial charge in [0.2, 0.25) is 17.7 Å². The van der Waals surface area contributed by atoms with E-state index >= 15 is 0 Å². The van der Waals surface area contributed by atoms with Crippen molar-refractivity contribution in [2.24, 2.45) is 23.5 Å². The van der Waals surface area contributed by atoms with Gasteiger partial charge in [-0.1, -0.05) is 60.1 Å². The van der Waals surface area contributed by atoms with Gasteiger partial charge in [0.1, 0.15) is 23.9 Å². The first-order valence-electron chi connectivity index (χ1n) is 12.6. The predicted octanol–water partition coefficient (Wildman–Crippen LogP) is 2.97. The standard InChI is InChI=1S/C27H42N4O4/c1-7-8-18(6)22(28)26(33)31-23-24(17(4)5)35-20-11-9-19(10-12-20)13-14-29-25(32)21(15-16(2)3)30-27(23)34/h9-14,16-18,21-24H,7-8,15,28H2,1-6H3,(H,29,32)(H,30,34)(H,31,33). The quantitative estimate of drug-likeness (QED) is 0.450. The summed E-state index contributed by atoms with van der Waals surface area (Å²) >= 11 is 0. The number of benzene rings is 1. The fourth-order valence-electron chi connectivity index (χ4n) is 4.13. The van der Waals surface area contributed by atoms with Crippen molar-refractivity contribution in [2.45, 2.75) is 85.0 Å². The van der Waals surface area contributed by atoms with E-state index in [-0.39, 0.29) is 23.7 Å². The minimum atomic E-state index is -1.04. The fourth-order valence-corrected chi connectivity index (χ4v) is 4.13. The maximum atomic E-state index is 13.6. The normalized spacial score (nSPS) is 22.7. The fraction of sp³-hybridized carbons (Fsp3) is 0.593. The van der Waals surface area contributed by atoms with E-state index in [1.807, 2.05) is 53.7 Å². The van der Waals surface area contributed by atoms with Crippen LogP contribution in [0.4, 0.5) is 0 Å². The highest BCUT2D eigenvalue weighted by molar-refractivity contribution is 5.93. The van der Waals surface area contributed by atoms with Crippen molar-refractivity contribution in [2.75, 3.05) is 0 Å². The molecule has 0 saturated heterocycles. The summed E-state index contributed by atoms with van der Waals surface area (Å²) in [5.41, 5.74) is 7.12. The van der Waals surface area contributed by atoms with Crippen LogP contribution in [0.15, 0.2) is 30.5 Å². The molecule has 1 aromatic carbocycles. The molecule has 0 saturated carbocycles. The summed E-state index contributed by atoms with van der Waals surface area (Å²) in [5, 5.41) is 8.47. The number of amides is 3. The summed E-state index contributed by atoms with van der Waals surface area (Å²) in [6.45, 7) is 11.8. The topological polar surface area (TPSA) is 123 Å². The lowest BCUT2D eigenvalue weighted by molar-refractivity contribution is -0.135.